The number of benzene rings is 1. The molecule has 156 valence electrons. The van der Waals surface area contributed by atoms with E-state index in [9.17, 15) is 4.79 Å². The lowest BCUT2D eigenvalue weighted by Gasteiger charge is -2.42. The third-order valence-electron chi connectivity index (χ3n) is 7.10. The first-order valence-corrected chi connectivity index (χ1v) is 11.6. The number of halogens is 1. The number of hydrogen-bond donors (Lipinski definition) is 1. The van der Waals surface area contributed by atoms with Gasteiger partial charge in [0.1, 0.15) is 17.4 Å². The van der Waals surface area contributed by atoms with Crippen LogP contribution < -0.4 is 5.56 Å². The maximum Gasteiger partial charge on any atom is 0.298 e. The Morgan fingerprint density at radius 1 is 1.33 bits per heavy atom. The summed E-state index contributed by atoms with van der Waals surface area (Å²) >= 11 is 3.49. The van der Waals surface area contributed by atoms with Crippen molar-refractivity contribution in [1.29, 1.82) is 0 Å². The minimum atomic E-state index is -0.162. The first-order valence-electron chi connectivity index (χ1n) is 10.8. The van der Waals surface area contributed by atoms with Crippen molar-refractivity contribution in [2.75, 3.05) is 0 Å². The van der Waals surface area contributed by atoms with E-state index in [4.69, 9.17) is 0 Å². The Labute approximate surface area is 184 Å². The lowest BCUT2D eigenvalue weighted by molar-refractivity contribution is 0.295. The summed E-state index contributed by atoms with van der Waals surface area (Å²) in [5.74, 6) is 0.890. The number of hydrogen-bond acceptors (Lipinski definition) is 3. The van der Waals surface area contributed by atoms with Gasteiger partial charge in [0.05, 0.1) is 0 Å². The fraction of sp³-hybridized carbons (Fsp3) is 0.458. The molecule has 0 saturated carbocycles. The quantitative estimate of drug-likeness (QED) is 0.370. The lowest BCUT2D eigenvalue weighted by Crippen LogP contribution is -2.30. The number of H-pyrrole nitrogens is 1. The van der Waals surface area contributed by atoms with Crippen molar-refractivity contribution in [1.82, 2.24) is 14.6 Å². The van der Waals surface area contributed by atoms with E-state index >= 15 is 0 Å². The minimum absolute atomic E-state index is 0.162. The predicted octanol–water partition coefficient (Wildman–Crippen LogP) is 6.03. The van der Waals surface area contributed by atoms with Gasteiger partial charge in [-0.05, 0) is 61.6 Å². The molecule has 0 bridgehead atoms. The Balaban J connectivity index is 1.48. The molecule has 2 aliphatic rings. The van der Waals surface area contributed by atoms with E-state index in [0.29, 0.717) is 22.9 Å². The summed E-state index contributed by atoms with van der Waals surface area (Å²) in [4.78, 5) is 20.8. The first-order chi connectivity index (χ1) is 14.3. The molecule has 1 aromatic carbocycles. The molecule has 2 aromatic heterocycles. The predicted molar refractivity (Wildman–Crippen MR) is 126 cm³/mol. The standard InChI is InChI=1S/C24H27BrN4O/c1-14-9-15-5-4-8-24(2,3)19(15)10-16(14)12-27-29-13-26-21-18-11-17(25)6-7-20(18)28-22(21)23(29)30/h6-7,11-14,16,28H,4-5,8-10H2,1-3H3/b27-12-/t14-,16+/m0/s1. The van der Waals surface area contributed by atoms with Gasteiger partial charge in [-0.25, -0.2) is 4.98 Å². The summed E-state index contributed by atoms with van der Waals surface area (Å²) in [6.07, 6.45) is 9.55. The van der Waals surface area contributed by atoms with Crippen LogP contribution >= 0.6 is 15.9 Å². The van der Waals surface area contributed by atoms with Gasteiger partial charge in [-0.15, -0.1) is 0 Å². The highest BCUT2D eigenvalue weighted by molar-refractivity contribution is 9.10. The van der Waals surface area contributed by atoms with Gasteiger partial charge in [-0.2, -0.15) is 9.78 Å². The molecule has 0 amide bonds. The molecule has 30 heavy (non-hydrogen) atoms. The van der Waals surface area contributed by atoms with E-state index in [1.54, 1.807) is 11.1 Å². The van der Waals surface area contributed by atoms with Crippen LogP contribution in [0.1, 0.15) is 52.9 Å². The van der Waals surface area contributed by atoms with Crippen LogP contribution in [0.25, 0.3) is 21.9 Å². The van der Waals surface area contributed by atoms with Gasteiger partial charge in [-0.3, -0.25) is 4.79 Å². The van der Waals surface area contributed by atoms with Gasteiger partial charge < -0.3 is 4.98 Å². The molecular formula is C24H27BrN4O. The maximum atomic E-state index is 13.0. The van der Waals surface area contributed by atoms with Crippen molar-refractivity contribution >= 4 is 44.1 Å². The molecule has 0 spiro atoms. The van der Waals surface area contributed by atoms with Gasteiger partial charge >= 0.3 is 0 Å². The number of allylic oxidation sites excluding steroid dienone is 2. The zero-order valence-electron chi connectivity index (χ0n) is 17.7. The van der Waals surface area contributed by atoms with Crippen LogP contribution in [-0.2, 0) is 0 Å². The fourth-order valence-electron chi connectivity index (χ4n) is 5.30. The van der Waals surface area contributed by atoms with Crippen LogP contribution in [0.15, 0.2) is 50.0 Å². The van der Waals surface area contributed by atoms with Crippen molar-refractivity contribution in [2.45, 2.75) is 52.9 Å². The summed E-state index contributed by atoms with van der Waals surface area (Å²) in [7, 11) is 0. The lowest BCUT2D eigenvalue weighted by atomic mass is 9.63. The van der Waals surface area contributed by atoms with E-state index in [0.717, 1.165) is 28.2 Å². The number of nitrogens with one attached hydrogen (secondary N) is 1. The first kappa shape index (κ1) is 19.7. The van der Waals surface area contributed by atoms with Gasteiger partial charge in [-0.1, -0.05) is 47.8 Å². The van der Waals surface area contributed by atoms with Gasteiger partial charge in [0.2, 0.25) is 0 Å². The van der Waals surface area contributed by atoms with Crippen molar-refractivity contribution in [3.05, 3.63) is 50.5 Å². The molecule has 0 unspecified atom stereocenters. The molecule has 0 saturated heterocycles. The van der Waals surface area contributed by atoms with Gasteiger partial charge in [0, 0.05) is 27.5 Å². The Bertz CT molecular complexity index is 1260. The van der Waals surface area contributed by atoms with Crippen LogP contribution in [0, 0.1) is 17.3 Å². The smallest absolute Gasteiger partial charge is 0.298 e. The second kappa shape index (κ2) is 7.19. The maximum absolute atomic E-state index is 13.0. The summed E-state index contributed by atoms with van der Waals surface area (Å²) in [5.41, 5.74) is 5.52. The third-order valence-corrected chi connectivity index (χ3v) is 7.59. The molecule has 2 heterocycles. The molecule has 0 fully saturated rings. The monoisotopic (exact) mass is 466 g/mol. The number of nitrogens with zero attached hydrogens (tertiary/aromatic N) is 3. The zero-order chi connectivity index (χ0) is 21.0. The van der Waals surface area contributed by atoms with Crippen LogP contribution in [-0.4, -0.2) is 20.9 Å². The highest BCUT2D eigenvalue weighted by atomic mass is 79.9. The Morgan fingerprint density at radius 3 is 3.00 bits per heavy atom. The van der Waals surface area contributed by atoms with Crippen LogP contribution in [0.4, 0.5) is 0 Å². The highest BCUT2D eigenvalue weighted by Gasteiger charge is 2.36. The molecular weight excluding hydrogens is 440 g/mol. The average molecular weight is 467 g/mol. The number of rotatable bonds is 2. The summed E-state index contributed by atoms with van der Waals surface area (Å²) in [6.45, 7) is 7.06. The molecule has 1 N–H and O–H groups in total. The van der Waals surface area contributed by atoms with Gasteiger partial charge in [0.25, 0.3) is 5.56 Å². The van der Waals surface area contributed by atoms with Crippen molar-refractivity contribution < 1.29 is 0 Å². The van der Waals surface area contributed by atoms with E-state index in [-0.39, 0.29) is 11.0 Å². The SMILES string of the molecule is C[C@H]1CC2=C(C[C@@H]1/C=N\n1cnc3c([nH]c4ccc(Br)cc43)c1=O)C(C)(C)CCC2. The van der Waals surface area contributed by atoms with Crippen molar-refractivity contribution in [2.24, 2.45) is 22.4 Å². The topological polar surface area (TPSA) is 63.0 Å². The average Bonchev–Trinajstić information content (AvgIpc) is 3.06. The molecule has 6 heteroatoms. The van der Waals surface area contributed by atoms with E-state index in [2.05, 4.69) is 51.8 Å². The van der Waals surface area contributed by atoms with E-state index in [1.165, 1.54) is 30.3 Å². The number of fused-ring (bicyclic) bond motifs is 3. The van der Waals surface area contributed by atoms with Crippen LogP contribution in [0.5, 0.6) is 0 Å². The molecule has 5 rings (SSSR count). The summed E-state index contributed by atoms with van der Waals surface area (Å²) in [5, 5.41) is 5.51. The fourth-order valence-corrected chi connectivity index (χ4v) is 5.67. The van der Waals surface area contributed by atoms with Crippen LogP contribution in [0.3, 0.4) is 0 Å². The Morgan fingerprint density at radius 2 is 2.17 bits per heavy atom. The van der Waals surface area contributed by atoms with Crippen molar-refractivity contribution in [3.63, 3.8) is 0 Å². The molecule has 2 aliphatic carbocycles. The Kier molecular flexibility index (Phi) is 4.73. The Hall–Kier alpha value is -2.21. The summed E-state index contributed by atoms with van der Waals surface area (Å²) in [6, 6.07) is 5.89. The zero-order valence-corrected chi connectivity index (χ0v) is 19.3. The molecule has 3 aromatic rings. The van der Waals surface area contributed by atoms with Crippen LogP contribution in [0.2, 0.25) is 0 Å². The van der Waals surface area contributed by atoms with E-state index < -0.39 is 0 Å². The van der Waals surface area contributed by atoms with E-state index in [1.807, 2.05) is 24.4 Å². The molecule has 5 nitrogen and oxygen atoms in total. The molecule has 0 radical (unpaired) electrons. The highest BCUT2D eigenvalue weighted by Crippen LogP contribution is 2.48. The number of aromatic amines is 1. The molecule has 2 atom stereocenters. The molecule has 0 aliphatic heterocycles. The number of aromatic nitrogens is 3. The normalized spacial score (nSPS) is 24.1. The largest absolute Gasteiger partial charge is 0.349 e. The third kappa shape index (κ3) is 3.25. The second-order valence-electron chi connectivity index (χ2n) is 9.57. The minimum Gasteiger partial charge on any atom is -0.349 e. The van der Waals surface area contributed by atoms with Crippen molar-refractivity contribution in [3.8, 4) is 0 Å². The van der Waals surface area contributed by atoms with Gasteiger partial charge in [0.15, 0.2) is 0 Å². The summed E-state index contributed by atoms with van der Waals surface area (Å²) < 4.78 is 2.33. The second-order valence-corrected chi connectivity index (χ2v) is 10.5.